The first-order chi connectivity index (χ1) is 9.15. The molecular formula is C13H12ClF2N3. The van der Waals surface area contributed by atoms with E-state index in [1.54, 1.807) is 18.2 Å². The summed E-state index contributed by atoms with van der Waals surface area (Å²) < 4.78 is 27.6. The van der Waals surface area contributed by atoms with Gasteiger partial charge in [0.15, 0.2) is 0 Å². The lowest BCUT2D eigenvalue weighted by Gasteiger charge is -2.32. The van der Waals surface area contributed by atoms with Crippen molar-refractivity contribution in [1.82, 2.24) is 9.78 Å². The Kier molecular flexibility index (Phi) is 3.14. The van der Waals surface area contributed by atoms with Gasteiger partial charge < -0.3 is 5.32 Å². The zero-order chi connectivity index (χ0) is 13.4. The van der Waals surface area contributed by atoms with Gasteiger partial charge in [0.1, 0.15) is 11.9 Å². The lowest BCUT2D eigenvalue weighted by molar-refractivity contribution is 0.0658. The normalized spacial score (nSPS) is 22.1. The number of hydrogen-bond acceptors (Lipinski definition) is 2. The number of nitrogens with one attached hydrogen (secondary N) is 1. The van der Waals surface area contributed by atoms with E-state index in [9.17, 15) is 8.78 Å². The lowest BCUT2D eigenvalue weighted by Crippen LogP contribution is -2.30. The zero-order valence-electron chi connectivity index (χ0n) is 9.93. The number of rotatable bonds is 2. The molecule has 6 heteroatoms. The van der Waals surface area contributed by atoms with Crippen LogP contribution in [0.15, 0.2) is 36.5 Å². The molecule has 1 aliphatic heterocycles. The Labute approximate surface area is 114 Å². The highest BCUT2D eigenvalue weighted by molar-refractivity contribution is 6.30. The Balaban J connectivity index is 1.92. The van der Waals surface area contributed by atoms with Crippen molar-refractivity contribution in [3.05, 3.63) is 47.1 Å². The molecule has 1 aromatic carbocycles. The molecule has 0 fully saturated rings. The Hall–Kier alpha value is -1.62. The molecule has 2 aromatic rings. The molecule has 0 spiro atoms. The fraction of sp³-hybridized carbons (Fsp3) is 0.308. The van der Waals surface area contributed by atoms with E-state index in [4.69, 9.17) is 11.6 Å². The molecule has 3 nitrogen and oxygen atoms in total. The number of alkyl halides is 2. The molecule has 0 radical (unpaired) electrons. The van der Waals surface area contributed by atoms with Crippen LogP contribution >= 0.6 is 11.6 Å². The largest absolute Gasteiger partial charge is 0.363 e. The van der Waals surface area contributed by atoms with Gasteiger partial charge in [0, 0.05) is 11.1 Å². The van der Waals surface area contributed by atoms with Crippen molar-refractivity contribution in [1.29, 1.82) is 0 Å². The summed E-state index contributed by atoms with van der Waals surface area (Å²) in [6.45, 7) is 0. The number of fused-ring (bicyclic) bond motifs is 1. The standard InChI is InChI=1S/C13H12ClF2N3/c14-9-3-1-8(2-4-9)10-7-11(13(15)16)19-12(18-10)5-6-17-19/h1-6,10-11,13,18H,7H2. The van der Waals surface area contributed by atoms with E-state index in [1.165, 1.54) is 10.9 Å². The highest BCUT2D eigenvalue weighted by atomic mass is 35.5. The predicted molar refractivity (Wildman–Crippen MR) is 69.7 cm³/mol. The van der Waals surface area contributed by atoms with Crippen LogP contribution < -0.4 is 5.32 Å². The summed E-state index contributed by atoms with van der Waals surface area (Å²) in [6, 6.07) is 7.90. The molecule has 1 N–H and O–H groups in total. The summed E-state index contributed by atoms with van der Waals surface area (Å²) in [7, 11) is 0. The van der Waals surface area contributed by atoms with Crippen LogP contribution in [0.4, 0.5) is 14.6 Å². The van der Waals surface area contributed by atoms with E-state index in [0.717, 1.165) is 5.56 Å². The predicted octanol–water partition coefficient (Wildman–Crippen LogP) is 3.90. The molecule has 0 saturated heterocycles. The first-order valence-corrected chi connectivity index (χ1v) is 6.36. The van der Waals surface area contributed by atoms with Gasteiger partial charge in [-0.3, -0.25) is 0 Å². The molecule has 0 saturated carbocycles. The van der Waals surface area contributed by atoms with Crippen LogP contribution in [-0.4, -0.2) is 16.2 Å². The van der Waals surface area contributed by atoms with E-state index in [2.05, 4.69) is 10.4 Å². The van der Waals surface area contributed by atoms with E-state index < -0.39 is 12.5 Å². The van der Waals surface area contributed by atoms with Gasteiger partial charge in [0.2, 0.25) is 0 Å². The van der Waals surface area contributed by atoms with Crippen LogP contribution in [0.2, 0.25) is 5.02 Å². The average molecular weight is 284 g/mol. The van der Waals surface area contributed by atoms with Crippen molar-refractivity contribution in [2.75, 3.05) is 5.32 Å². The van der Waals surface area contributed by atoms with Crippen molar-refractivity contribution < 1.29 is 8.78 Å². The summed E-state index contributed by atoms with van der Waals surface area (Å²) in [5, 5.41) is 7.81. The summed E-state index contributed by atoms with van der Waals surface area (Å²) in [5.41, 5.74) is 0.947. The SMILES string of the molecule is FC(F)C1CC(c2ccc(Cl)cc2)Nc2ccnn21. The van der Waals surface area contributed by atoms with Crippen LogP contribution in [0.5, 0.6) is 0 Å². The van der Waals surface area contributed by atoms with Gasteiger partial charge >= 0.3 is 0 Å². The molecule has 0 bridgehead atoms. The smallest absolute Gasteiger partial charge is 0.260 e. The molecule has 19 heavy (non-hydrogen) atoms. The quantitative estimate of drug-likeness (QED) is 0.906. The first kappa shape index (κ1) is 12.4. The first-order valence-electron chi connectivity index (χ1n) is 5.99. The number of hydrogen-bond donors (Lipinski definition) is 1. The zero-order valence-corrected chi connectivity index (χ0v) is 10.7. The minimum absolute atomic E-state index is 0.152. The van der Waals surface area contributed by atoms with Crippen LogP contribution in [0.25, 0.3) is 0 Å². The fourth-order valence-electron chi connectivity index (χ4n) is 2.40. The van der Waals surface area contributed by atoms with E-state index in [1.807, 2.05) is 12.1 Å². The maximum atomic E-state index is 13.1. The topological polar surface area (TPSA) is 29.9 Å². The highest BCUT2D eigenvalue weighted by Gasteiger charge is 2.33. The molecule has 0 aliphatic carbocycles. The molecule has 2 heterocycles. The maximum absolute atomic E-state index is 13.1. The van der Waals surface area contributed by atoms with Crippen LogP contribution in [0.3, 0.4) is 0 Å². The monoisotopic (exact) mass is 283 g/mol. The lowest BCUT2D eigenvalue weighted by atomic mass is 9.97. The average Bonchev–Trinajstić information content (AvgIpc) is 2.86. The molecule has 1 aromatic heterocycles. The summed E-state index contributed by atoms with van der Waals surface area (Å²) in [6.07, 6.45) is -0.605. The van der Waals surface area contributed by atoms with Crippen molar-refractivity contribution in [3.8, 4) is 0 Å². The molecule has 100 valence electrons. The molecule has 0 amide bonds. The number of anilines is 1. The molecule has 2 unspecified atom stereocenters. The number of aromatic nitrogens is 2. The second-order valence-electron chi connectivity index (χ2n) is 4.55. The van der Waals surface area contributed by atoms with Crippen molar-refractivity contribution in [2.24, 2.45) is 0 Å². The van der Waals surface area contributed by atoms with Gasteiger partial charge in [-0.25, -0.2) is 13.5 Å². The second-order valence-corrected chi connectivity index (χ2v) is 4.98. The maximum Gasteiger partial charge on any atom is 0.260 e. The van der Waals surface area contributed by atoms with E-state index in [0.29, 0.717) is 17.3 Å². The van der Waals surface area contributed by atoms with Crippen LogP contribution in [-0.2, 0) is 0 Å². The molecule has 1 aliphatic rings. The van der Waals surface area contributed by atoms with Crippen molar-refractivity contribution >= 4 is 17.4 Å². The summed E-state index contributed by atoms with van der Waals surface area (Å²) in [5.74, 6) is 0.622. The van der Waals surface area contributed by atoms with Crippen LogP contribution in [0.1, 0.15) is 24.1 Å². The van der Waals surface area contributed by atoms with Gasteiger partial charge in [-0.1, -0.05) is 23.7 Å². The third-order valence-electron chi connectivity index (χ3n) is 3.35. The third kappa shape index (κ3) is 2.30. The minimum Gasteiger partial charge on any atom is -0.363 e. The fourth-order valence-corrected chi connectivity index (χ4v) is 2.52. The third-order valence-corrected chi connectivity index (χ3v) is 3.60. The van der Waals surface area contributed by atoms with Gasteiger partial charge in [0.25, 0.3) is 6.43 Å². The van der Waals surface area contributed by atoms with Gasteiger partial charge in [-0.2, -0.15) is 5.10 Å². The van der Waals surface area contributed by atoms with E-state index in [-0.39, 0.29) is 6.04 Å². The Bertz CT molecular complexity index is 568. The minimum atomic E-state index is -2.43. The van der Waals surface area contributed by atoms with Crippen LogP contribution in [0, 0.1) is 0 Å². The molecule has 2 atom stereocenters. The molecular weight excluding hydrogens is 272 g/mol. The second kappa shape index (κ2) is 4.81. The summed E-state index contributed by atoms with van der Waals surface area (Å²) in [4.78, 5) is 0. The number of nitrogens with zero attached hydrogens (tertiary/aromatic N) is 2. The van der Waals surface area contributed by atoms with Gasteiger partial charge in [0.05, 0.1) is 12.2 Å². The van der Waals surface area contributed by atoms with Crippen molar-refractivity contribution in [2.45, 2.75) is 24.9 Å². The number of halogens is 3. The van der Waals surface area contributed by atoms with Gasteiger partial charge in [-0.05, 0) is 24.1 Å². The highest BCUT2D eigenvalue weighted by Crippen LogP contribution is 2.37. The summed E-state index contributed by atoms with van der Waals surface area (Å²) >= 11 is 5.84. The molecule has 3 rings (SSSR count). The number of benzene rings is 1. The Morgan fingerprint density at radius 2 is 2.00 bits per heavy atom. The Morgan fingerprint density at radius 3 is 2.68 bits per heavy atom. The van der Waals surface area contributed by atoms with Crippen molar-refractivity contribution in [3.63, 3.8) is 0 Å². The van der Waals surface area contributed by atoms with Gasteiger partial charge in [-0.15, -0.1) is 0 Å². The van der Waals surface area contributed by atoms with E-state index >= 15 is 0 Å². The Morgan fingerprint density at radius 1 is 1.26 bits per heavy atom.